The molecule has 0 heterocycles. The predicted octanol–water partition coefficient (Wildman–Crippen LogP) is -2.38. The van der Waals surface area contributed by atoms with Crippen LogP contribution in [0.4, 0.5) is 0 Å². The molecule has 9 heavy (non-hydrogen) atoms. The van der Waals surface area contributed by atoms with Gasteiger partial charge in [0.1, 0.15) is 5.79 Å². The van der Waals surface area contributed by atoms with Crippen molar-refractivity contribution in [3.63, 3.8) is 0 Å². The zero-order valence-corrected chi connectivity index (χ0v) is 6.19. The molecule has 8 heteroatoms. The largest absolute Gasteiger partial charge is 0.505 e. The first-order chi connectivity index (χ1) is 3.71. The van der Waals surface area contributed by atoms with Crippen LogP contribution in [0.25, 0.3) is 0 Å². The van der Waals surface area contributed by atoms with Crippen molar-refractivity contribution in [2.45, 2.75) is 0 Å². The minimum Gasteiger partial charge on any atom is -0.390 e. The number of rotatable bonds is 2. The highest BCUT2D eigenvalue weighted by Gasteiger charge is 2.36. The fourth-order valence-corrected chi connectivity index (χ4v) is 2.49. The first kappa shape index (κ1) is 9.25. The fraction of sp³-hybridized carbons (Fsp3) is 1.00. The minimum absolute atomic E-state index is 1.24. The highest BCUT2D eigenvalue weighted by atomic mass is 31.2. The molecule has 0 fully saturated rings. The Kier molecular flexibility index (Phi) is 2.54. The van der Waals surface area contributed by atoms with Gasteiger partial charge in [0.05, 0.1) is 0 Å². The SMILES string of the molecule is O=P(O)(O)C[Si](O)(O)O. The topological polar surface area (TPSA) is 118 Å². The first-order valence-corrected chi connectivity index (χ1v) is 5.77. The van der Waals surface area contributed by atoms with E-state index in [4.69, 9.17) is 24.2 Å². The molecule has 0 saturated heterocycles. The normalized spacial score (nSPS) is 13.9. The molecule has 0 radical (unpaired) electrons. The van der Waals surface area contributed by atoms with Gasteiger partial charge in [0, 0.05) is 0 Å². The first-order valence-electron chi connectivity index (χ1n) is 1.92. The van der Waals surface area contributed by atoms with Crippen molar-refractivity contribution >= 4 is 16.4 Å². The lowest BCUT2D eigenvalue weighted by Crippen LogP contribution is -2.39. The summed E-state index contributed by atoms with van der Waals surface area (Å²) >= 11 is 0. The maximum Gasteiger partial charge on any atom is 0.505 e. The van der Waals surface area contributed by atoms with E-state index in [-0.39, 0.29) is 0 Å². The van der Waals surface area contributed by atoms with Crippen LogP contribution in [-0.4, -0.2) is 38.8 Å². The summed E-state index contributed by atoms with van der Waals surface area (Å²) in [7, 11) is -9.03. The minimum atomic E-state index is -4.56. The molecule has 0 unspecified atom stereocenters. The monoisotopic (exact) mass is 174 g/mol. The molecule has 0 spiro atoms. The lowest BCUT2D eigenvalue weighted by molar-refractivity contribution is 0.232. The van der Waals surface area contributed by atoms with Gasteiger partial charge in [0.2, 0.25) is 0 Å². The van der Waals surface area contributed by atoms with Gasteiger partial charge in [0.25, 0.3) is 0 Å². The molecule has 0 aliphatic rings. The molecule has 0 aromatic carbocycles. The maximum absolute atomic E-state index is 9.90. The second-order valence-electron chi connectivity index (χ2n) is 1.60. The fourth-order valence-electron chi connectivity index (χ4n) is 0.276. The summed E-state index contributed by atoms with van der Waals surface area (Å²) in [6.45, 7) is 0. The van der Waals surface area contributed by atoms with Gasteiger partial charge in [-0.15, -0.1) is 0 Å². The summed E-state index contributed by atoms with van der Waals surface area (Å²) in [6.07, 6.45) is 0. The zero-order chi connectivity index (χ0) is 7.71. The second kappa shape index (κ2) is 2.47. The van der Waals surface area contributed by atoms with Crippen LogP contribution in [0.5, 0.6) is 0 Å². The highest BCUT2D eigenvalue weighted by Crippen LogP contribution is 2.35. The lowest BCUT2D eigenvalue weighted by atomic mass is 11.9. The van der Waals surface area contributed by atoms with Crippen LogP contribution in [-0.2, 0) is 4.57 Å². The quantitative estimate of drug-likeness (QED) is 0.235. The van der Waals surface area contributed by atoms with Gasteiger partial charge in [-0.3, -0.25) is 4.57 Å². The number of hydrogen-bond donors (Lipinski definition) is 5. The summed E-state index contributed by atoms with van der Waals surface area (Å²) in [5, 5.41) is 0. The predicted molar refractivity (Wildman–Crippen MR) is 29.3 cm³/mol. The lowest BCUT2D eigenvalue weighted by Gasteiger charge is -2.08. The van der Waals surface area contributed by atoms with Gasteiger partial charge in [-0.2, -0.15) is 0 Å². The molecular weight excluding hydrogens is 167 g/mol. The van der Waals surface area contributed by atoms with Crippen LogP contribution >= 0.6 is 7.60 Å². The smallest absolute Gasteiger partial charge is 0.390 e. The Hall–Kier alpha value is 0.247. The molecule has 0 amide bonds. The molecule has 0 atom stereocenters. The Balaban J connectivity index is 3.90. The van der Waals surface area contributed by atoms with E-state index >= 15 is 0 Å². The highest BCUT2D eigenvalue weighted by molar-refractivity contribution is 7.54. The van der Waals surface area contributed by atoms with Crippen molar-refractivity contribution in [3.8, 4) is 0 Å². The summed E-state index contributed by atoms with van der Waals surface area (Å²) < 4.78 is 9.90. The van der Waals surface area contributed by atoms with Gasteiger partial charge in [-0.1, -0.05) is 0 Å². The molecule has 6 nitrogen and oxygen atoms in total. The Morgan fingerprint density at radius 2 is 1.56 bits per heavy atom. The molecule has 0 aromatic rings. The van der Waals surface area contributed by atoms with Gasteiger partial charge in [-0.05, 0) is 0 Å². The van der Waals surface area contributed by atoms with Crippen molar-refractivity contribution in [1.29, 1.82) is 0 Å². The third kappa shape index (κ3) is 8.25. The van der Waals surface area contributed by atoms with Crippen LogP contribution in [0.2, 0.25) is 0 Å². The molecule has 0 aromatic heterocycles. The Morgan fingerprint density at radius 3 is 1.56 bits per heavy atom. The molecular formula is CH7O6PSi. The zero-order valence-electron chi connectivity index (χ0n) is 4.30. The Morgan fingerprint density at radius 1 is 1.22 bits per heavy atom. The van der Waals surface area contributed by atoms with Crippen molar-refractivity contribution in [2.75, 3.05) is 5.79 Å². The Labute approximate surface area is 51.9 Å². The van der Waals surface area contributed by atoms with Crippen molar-refractivity contribution in [2.24, 2.45) is 0 Å². The van der Waals surface area contributed by atoms with Crippen molar-refractivity contribution in [3.05, 3.63) is 0 Å². The van der Waals surface area contributed by atoms with Crippen molar-refractivity contribution in [1.82, 2.24) is 0 Å². The van der Waals surface area contributed by atoms with Crippen LogP contribution in [0, 0.1) is 0 Å². The van der Waals surface area contributed by atoms with Crippen LogP contribution in [0.3, 0.4) is 0 Å². The van der Waals surface area contributed by atoms with Gasteiger partial charge >= 0.3 is 16.4 Å². The van der Waals surface area contributed by atoms with Gasteiger partial charge in [-0.25, -0.2) is 0 Å². The summed E-state index contributed by atoms with van der Waals surface area (Å²) in [5.74, 6) is -1.24. The van der Waals surface area contributed by atoms with E-state index < -0.39 is 22.2 Å². The molecule has 0 aliphatic carbocycles. The van der Waals surface area contributed by atoms with Gasteiger partial charge in [0.15, 0.2) is 0 Å². The second-order valence-corrected chi connectivity index (χ2v) is 5.74. The third-order valence-electron chi connectivity index (χ3n) is 0.418. The number of hydrogen-bond acceptors (Lipinski definition) is 4. The van der Waals surface area contributed by atoms with E-state index in [9.17, 15) is 4.57 Å². The van der Waals surface area contributed by atoms with Crippen LogP contribution in [0.15, 0.2) is 0 Å². The average molecular weight is 174 g/mol. The standard InChI is InChI=1S/CH7O6PSi/c2-8(3,4)1-9(5,6)7/h5-7H,1H2,(H2,2,3,4). The summed E-state index contributed by atoms with van der Waals surface area (Å²) in [5.41, 5.74) is 0. The van der Waals surface area contributed by atoms with E-state index in [1.54, 1.807) is 0 Å². The summed E-state index contributed by atoms with van der Waals surface area (Å²) in [4.78, 5) is 40.4. The Bertz CT molecular complexity index is 130. The van der Waals surface area contributed by atoms with E-state index in [0.29, 0.717) is 0 Å². The van der Waals surface area contributed by atoms with Crippen LogP contribution < -0.4 is 0 Å². The van der Waals surface area contributed by atoms with Gasteiger partial charge < -0.3 is 24.2 Å². The third-order valence-corrected chi connectivity index (χ3v) is 3.76. The summed E-state index contributed by atoms with van der Waals surface area (Å²) in [6, 6.07) is 0. The van der Waals surface area contributed by atoms with Crippen molar-refractivity contribution < 1.29 is 28.7 Å². The molecule has 0 aliphatic heterocycles. The van der Waals surface area contributed by atoms with E-state index in [1.165, 1.54) is 0 Å². The van der Waals surface area contributed by atoms with E-state index in [0.717, 1.165) is 0 Å². The maximum atomic E-state index is 9.90. The molecule has 0 rings (SSSR count). The van der Waals surface area contributed by atoms with E-state index in [2.05, 4.69) is 0 Å². The molecule has 0 saturated carbocycles. The van der Waals surface area contributed by atoms with Crippen LogP contribution in [0.1, 0.15) is 0 Å². The molecule has 5 N–H and O–H groups in total. The molecule has 56 valence electrons. The van der Waals surface area contributed by atoms with E-state index in [1.807, 2.05) is 0 Å². The molecule has 0 bridgehead atoms. The average Bonchev–Trinajstić information content (AvgIpc) is 1.14.